The average Bonchev–Trinajstić information content (AvgIpc) is 3.19. The maximum absolute atomic E-state index is 12.3. The Kier molecular flexibility index (Phi) is 4.02. The molecule has 1 aliphatic heterocycles. The van der Waals surface area contributed by atoms with Crippen LogP contribution < -0.4 is 10.2 Å². The SMILES string of the molecule is O=C(C[C@@H]1C[C@@H]2C=C[C@H]1C2)NC1CCN(c2cnccn2)CC1. The van der Waals surface area contributed by atoms with Crippen LogP contribution in [0.25, 0.3) is 0 Å². The van der Waals surface area contributed by atoms with Gasteiger partial charge in [0, 0.05) is 37.9 Å². The molecule has 1 amide bonds. The van der Waals surface area contributed by atoms with E-state index in [-0.39, 0.29) is 5.91 Å². The van der Waals surface area contributed by atoms with Gasteiger partial charge in [0.2, 0.25) is 5.91 Å². The van der Waals surface area contributed by atoms with Crippen molar-refractivity contribution in [3.8, 4) is 0 Å². The van der Waals surface area contributed by atoms with E-state index in [0.29, 0.717) is 24.3 Å². The van der Waals surface area contributed by atoms with Crippen LogP contribution in [0.2, 0.25) is 0 Å². The van der Waals surface area contributed by atoms with Crippen molar-refractivity contribution in [1.82, 2.24) is 15.3 Å². The highest BCUT2D eigenvalue weighted by Gasteiger charge is 2.36. The summed E-state index contributed by atoms with van der Waals surface area (Å²) in [6.45, 7) is 1.86. The summed E-state index contributed by atoms with van der Waals surface area (Å²) in [5.41, 5.74) is 0. The molecule has 2 heterocycles. The predicted octanol–water partition coefficient (Wildman–Crippen LogP) is 2.16. The molecule has 0 aromatic carbocycles. The largest absolute Gasteiger partial charge is 0.355 e. The number of anilines is 1. The van der Waals surface area contributed by atoms with E-state index in [2.05, 4.69) is 32.3 Å². The van der Waals surface area contributed by atoms with Gasteiger partial charge in [-0.05, 0) is 43.4 Å². The third-order valence-corrected chi connectivity index (χ3v) is 5.60. The zero-order valence-corrected chi connectivity index (χ0v) is 13.4. The molecule has 2 aliphatic carbocycles. The minimum Gasteiger partial charge on any atom is -0.355 e. The topological polar surface area (TPSA) is 58.1 Å². The lowest BCUT2D eigenvalue weighted by atomic mass is 9.90. The fourth-order valence-corrected chi connectivity index (χ4v) is 4.36. The van der Waals surface area contributed by atoms with Gasteiger partial charge in [0.15, 0.2) is 0 Å². The first-order valence-electron chi connectivity index (χ1n) is 8.76. The second-order valence-electron chi connectivity index (χ2n) is 7.14. The van der Waals surface area contributed by atoms with Crippen molar-refractivity contribution in [2.75, 3.05) is 18.0 Å². The van der Waals surface area contributed by atoms with E-state index in [1.807, 2.05) is 6.20 Å². The minimum atomic E-state index is 0.244. The first-order chi connectivity index (χ1) is 11.3. The number of rotatable bonds is 4. The zero-order valence-electron chi connectivity index (χ0n) is 13.4. The van der Waals surface area contributed by atoms with Crippen LogP contribution in [0.1, 0.15) is 32.1 Å². The van der Waals surface area contributed by atoms with E-state index in [4.69, 9.17) is 0 Å². The Morgan fingerprint density at radius 3 is 2.74 bits per heavy atom. The number of piperidine rings is 1. The summed E-state index contributed by atoms with van der Waals surface area (Å²) < 4.78 is 0. The minimum absolute atomic E-state index is 0.244. The molecule has 5 nitrogen and oxygen atoms in total. The quantitative estimate of drug-likeness (QED) is 0.866. The lowest BCUT2D eigenvalue weighted by Gasteiger charge is -2.33. The molecule has 5 heteroatoms. The van der Waals surface area contributed by atoms with Gasteiger partial charge in [-0.25, -0.2) is 4.98 Å². The van der Waals surface area contributed by atoms with Gasteiger partial charge in [-0.2, -0.15) is 0 Å². The molecule has 2 bridgehead atoms. The number of carbonyl (C=O) groups excluding carboxylic acids is 1. The van der Waals surface area contributed by atoms with E-state index in [0.717, 1.165) is 37.7 Å². The molecule has 1 aromatic rings. The Labute approximate surface area is 137 Å². The van der Waals surface area contributed by atoms with Crippen molar-refractivity contribution >= 4 is 11.7 Å². The molecule has 3 aliphatic rings. The first kappa shape index (κ1) is 14.7. The van der Waals surface area contributed by atoms with Gasteiger partial charge >= 0.3 is 0 Å². The second kappa shape index (κ2) is 6.30. The number of allylic oxidation sites excluding steroid dienone is 2. The summed E-state index contributed by atoms with van der Waals surface area (Å²) >= 11 is 0. The third kappa shape index (κ3) is 3.23. The Morgan fingerprint density at radius 1 is 1.22 bits per heavy atom. The fourth-order valence-electron chi connectivity index (χ4n) is 4.36. The lowest BCUT2D eigenvalue weighted by Crippen LogP contribution is -2.45. The monoisotopic (exact) mass is 312 g/mol. The van der Waals surface area contributed by atoms with E-state index in [1.165, 1.54) is 12.8 Å². The van der Waals surface area contributed by atoms with Crippen molar-refractivity contribution in [3.05, 3.63) is 30.7 Å². The van der Waals surface area contributed by atoms with Gasteiger partial charge in [0.05, 0.1) is 6.20 Å². The molecule has 23 heavy (non-hydrogen) atoms. The van der Waals surface area contributed by atoms with Crippen LogP contribution in [0.15, 0.2) is 30.7 Å². The maximum atomic E-state index is 12.3. The Hall–Kier alpha value is -1.91. The molecule has 0 spiro atoms. The maximum Gasteiger partial charge on any atom is 0.220 e. The van der Waals surface area contributed by atoms with E-state index in [1.54, 1.807) is 12.4 Å². The number of amides is 1. The van der Waals surface area contributed by atoms with Crippen LogP contribution in [-0.4, -0.2) is 35.0 Å². The third-order valence-electron chi connectivity index (χ3n) is 5.60. The smallest absolute Gasteiger partial charge is 0.220 e. The van der Waals surface area contributed by atoms with E-state index < -0.39 is 0 Å². The molecule has 2 fully saturated rings. The molecule has 122 valence electrons. The Morgan fingerprint density at radius 2 is 2.09 bits per heavy atom. The van der Waals surface area contributed by atoms with Gasteiger partial charge in [0.25, 0.3) is 0 Å². The highest BCUT2D eigenvalue weighted by Crippen LogP contribution is 2.44. The molecule has 0 unspecified atom stereocenters. The number of hydrogen-bond donors (Lipinski definition) is 1. The van der Waals surface area contributed by atoms with Crippen molar-refractivity contribution in [1.29, 1.82) is 0 Å². The van der Waals surface area contributed by atoms with Crippen LogP contribution in [0.5, 0.6) is 0 Å². The van der Waals surface area contributed by atoms with Gasteiger partial charge < -0.3 is 10.2 Å². The fraction of sp³-hybridized carbons (Fsp3) is 0.611. The molecule has 1 N–H and O–H groups in total. The standard InChI is InChI=1S/C18H24N4O/c23-18(11-15-10-13-1-2-14(15)9-13)21-16-3-7-22(8-4-16)17-12-19-5-6-20-17/h1-2,5-6,12-16H,3-4,7-11H2,(H,21,23)/t13-,14+,15+/m1/s1. The molecule has 4 rings (SSSR count). The van der Waals surface area contributed by atoms with E-state index >= 15 is 0 Å². The summed E-state index contributed by atoms with van der Waals surface area (Å²) in [5.74, 6) is 3.15. The Balaban J connectivity index is 1.23. The van der Waals surface area contributed by atoms with Crippen LogP contribution >= 0.6 is 0 Å². The van der Waals surface area contributed by atoms with Gasteiger partial charge in [0.1, 0.15) is 5.82 Å². The molecule has 3 atom stereocenters. The molecule has 0 radical (unpaired) electrons. The van der Waals surface area contributed by atoms with Gasteiger partial charge in [-0.15, -0.1) is 0 Å². The summed E-state index contributed by atoms with van der Waals surface area (Å²) in [7, 11) is 0. The number of aromatic nitrogens is 2. The number of nitrogens with zero attached hydrogens (tertiary/aromatic N) is 3. The van der Waals surface area contributed by atoms with Crippen LogP contribution in [0, 0.1) is 17.8 Å². The van der Waals surface area contributed by atoms with Crippen LogP contribution in [0.4, 0.5) is 5.82 Å². The molecule has 1 saturated carbocycles. The molecule has 1 aromatic heterocycles. The Bertz CT molecular complexity index is 580. The molecular weight excluding hydrogens is 288 g/mol. The number of fused-ring (bicyclic) bond motifs is 2. The second-order valence-corrected chi connectivity index (χ2v) is 7.14. The van der Waals surface area contributed by atoms with E-state index in [9.17, 15) is 4.79 Å². The summed E-state index contributed by atoms with van der Waals surface area (Å²) in [5, 5.41) is 3.25. The summed E-state index contributed by atoms with van der Waals surface area (Å²) in [4.78, 5) is 23.0. The van der Waals surface area contributed by atoms with Crippen molar-refractivity contribution < 1.29 is 4.79 Å². The number of hydrogen-bond acceptors (Lipinski definition) is 4. The van der Waals surface area contributed by atoms with Crippen LogP contribution in [0.3, 0.4) is 0 Å². The number of nitrogens with one attached hydrogen (secondary N) is 1. The number of carbonyl (C=O) groups is 1. The van der Waals surface area contributed by atoms with Crippen molar-refractivity contribution in [2.45, 2.75) is 38.1 Å². The normalized spacial score (nSPS) is 29.9. The van der Waals surface area contributed by atoms with Crippen LogP contribution in [-0.2, 0) is 4.79 Å². The molecule has 1 saturated heterocycles. The highest BCUT2D eigenvalue weighted by atomic mass is 16.1. The van der Waals surface area contributed by atoms with Crippen molar-refractivity contribution in [3.63, 3.8) is 0 Å². The zero-order chi connectivity index (χ0) is 15.6. The lowest BCUT2D eigenvalue weighted by molar-refractivity contribution is -0.123. The summed E-state index contributed by atoms with van der Waals surface area (Å²) in [6.07, 6.45) is 15.0. The average molecular weight is 312 g/mol. The van der Waals surface area contributed by atoms with Gasteiger partial charge in [-0.1, -0.05) is 12.2 Å². The predicted molar refractivity (Wildman–Crippen MR) is 88.9 cm³/mol. The molecular formula is C18H24N4O. The van der Waals surface area contributed by atoms with Gasteiger partial charge in [-0.3, -0.25) is 9.78 Å². The van der Waals surface area contributed by atoms with Crippen molar-refractivity contribution in [2.24, 2.45) is 17.8 Å². The first-order valence-corrected chi connectivity index (χ1v) is 8.76. The summed E-state index contributed by atoms with van der Waals surface area (Å²) in [6, 6.07) is 0.310. The highest BCUT2D eigenvalue weighted by molar-refractivity contribution is 5.76.